The molecule has 0 bridgehead atoms. The van der Waals surface area contributed by atoms with E-state index >= 15 is 0 Å². The SMILES string of the molecule is N[C@H](Cc1ccncc1)C(=O)Nc1cccc(OC(F)(F)F)c1. The van der Waals surface area contributed by atoms with Gasteiger partial charge in [-0.2, -0.15) is 0 Å². The summed E-state index contributed by atoms with van der Waals surface area (Å²) in [6.45, 7) is 0. The van der Waals surface area contributed by atoms with Crippen molar-refractivity contribution in [2.75, 3.05) is 5.32 Å². The monoisotopic (exact) mass is 325 g/mol. The van der Waals surface area contributed by atoms with Gasteiger partial charge in [0.05, 0.1) is 6.04 Å². The van der Waals surface area contributed by atoms with E-state index in [1.54, 1.807) is 24.5 Å². The van der Waals surface area contributed by atoms with Crippen molar-refractivity contribution in [2.24, 2.45) is 5.73 Å². The molecule has 2 rings (SSSR count). The molecule has 0 aliphatic rings. The van der Waals surface area contributed by atoms with E-state index in [2.05, 4.69) is 15.0 Å². The van der Waals surface area contributed by atoms with Crippen LogP contribution < -0.4 is 15.8 Å². The van der Waals surface area contributed by atoms with Gasteiger partial charge in [-0.05, 0) is 36.2 Å². The number of pyridine rings is 1. The molecule has 0 saturated carbocycles. The Labute approximate surface area is 130 Å². The smallest absolute Gasteiger partial charge is 0.406 e. The van der Waals surface area contributed by atoms with Crippen molar-refractivity contribution in [3.05, 3.63) is 54.4 Å². The maximum Gasteiger partial charge on any atom is 0.573 e. The van der Waals surface area contributed by atoms with Crippen molar-refractivity contribution in [2.45, 2.75) is 18.8 Å². The number of hydrogen-bond acceptors (Lipinski definition) is 4. The summed E-state index contributed by atoms with van der Waals surface area (Å²) in [6, 6.07) is 7.61. The molecule has 0 aliphatic carbocycles. The lowest BCUT2D eigenvalue weighted by Crippen LogP contribution is -2.37. The molecule has 1 amide bonds. The molecule has 1 aromatic heterocycles. The third kappa shape index (κ3) is 5.59. The fraction of sp³-hybridized carbons (Fsp3) is 0.200. The zero-order chi connectivity index (χ0) is 16.9. The minimum atomic E-state index is -4.79. The van der Waals surface area contributed by atoms with Crippen molar-refractivity contribution in [3.63, 3.8) is 0 Å². The number of nitrogens with one attached hydrogen (secondary N) is 1. The molecule has 2 aromatic rings. The molecule has 5 nitrogen and oxygen atoms in total. The van der Waals surface area contributed by atoms with Crippen LogP contribution in [0.4, 0.5) is 18.9 Å². The third-order valence-corrected chi connectivity index (χ3v) is 2.88. The summed E-state index contributed by atoms with van der Waals surface area (Å²) in [5, 5.41) is 2.46. The number of rotatable bonds is 5. The number of alkyl halides is 3. The number of ether oxygens (including phenoxy) is 1. The minimum absolute atomic E-state index is 0.168. The normalized spacial score (nSPS) is 12.5. The first kappa shape index (κ1) is 16.8. The van der Waals surface area contributed by atoms with Crippen LogP contribution in [-0.4, -0.2) is 23.3 Å². The Hall–Kier alpha value is -2.61. The van der Waals surface area contributed by atoms with Crippen molar-refractivity contribution < 1.29 is 22.7 Å². The van der Waals surface area contributed by atoms with Crippen molar-refractivity contribution in [3.8, 4) is 5.75 Å². The number of carbonyl (C=O) groups is 1. The molecule has 1 heterocycles. The van der Waals surface area contributed by atoms with Crippen molar-refractivity contribution >= 4 is 11.6 Å². The highest BCUT2D eigenvalue weighted by Gasteiger charge is 2.31. The average Bonchev–Trinajstić information content (AvgIpc) is 2.46. The number of aromatic nitrogens is 1. The quantitative estimate of drug-likeness (QED) is 0.885. The molecule has 0 spiro atoms. The summed E-state index contributed by atoms with van der Waals surface area (Å²) in [5.74, 6) is -0.927. The Morgan fingerprint density at radius 2 is 1.96 bits per heavy atom. The second-order valence-corrected chi connectivity index (χ2v) is 4.73. The summed E-state index contributed by atoms with van der Waals surface area (Å²) in [5.41, 5.74) is 6.79. The molecule has 1 aromatic carbocycles. The van der Waals surface area contributed by atoms with Crippen LogP contribution in [0.1, 0.15) is 5.56 Å². The number of anilines is 1. The fourth-order valence-electron chi connectivity index (χ4n) is 1.87. The van der Waals surface area contributed by atoms with Gasteiger partial charge in [-0.15, -0.1) is 13.2 Å². The molecule has 3 N–H and O–H groups in total. The number of benzene rings is 1. The minimum Gasteiger partial charge on any atom is -0.406 e. The summed E-state index contributed by atoms with van der Waals surface area (Å²) < 4.78 is 40.3. The highest BCUT2D eigenvalue weighted by Crippen LogP contribution is 2.25. The Balaban J connectivity index is 1.98. The molecule has 0 fully saturated rings. The zero-order valence-electron chi connectivity index (χ0n) is 11.9. The van der Waals surface area contributed by atoms with Crippen LogP contribution in [0.3, 0.4) is 0 Å². The van der Waals surface area contributed by atoms with Crippen LogP contribution in [-0.2, 0) is 11.2 Å². The summed E-state index contributed by atoms with van der Waals surface area (Å²) >= 11 is 0. The first-order valence-electron chi connectivity index (χ1n) is 6.64. The molecule has 0 unspecified atom stereocenters. The standard InChI is InChI=1S/C15H14F3N3O2/c16-15(17,18)23-12-3-1-2-11(9-12)21-14(22)13(19)8-10-4-6-20-7-5-10/h1-7,9,13H,8,19H2,(H,21,22)/t13-/m1/s1. The Morgan fingerprint density at radius 1 is 1.26 bits per heavy atom. The van der Waals surface area contributed by atoms with Gasteiger partial charge in [0.25, 0.3) is 0 Å². The Morgan fingerprint density at radius 3 is 2.61 bits per heavy atom. The van der Waals surface area contributed by atoms with E-state index in [1.165, 1.54) is 12.1 Å². The van der Waals surface area contributed by atoms with Crippen LogP contribution in [0, 0.1) is 0 Å². The summed E-state index contributed by atoms with van der Waals surface area (Å²) in [4.78, 5) is 15.9. The first-order valence-corrected chi connectivity index (χ1v) is 6.64. The van der Waals surface area contributed by atoms with Gasteiger partial charge >= 0.3 is 6.36 Å². The number of carbonyl (C=O) groups excluding carboxylic acids is 1. The molecule has 23 heavy (non-hydrogen) atoms. The summed E-state index contributed by atoms with van der Waals surface area (Å²) in [6.07, 6.45) is -1.34. The number of hydrogen-bond donors (Lipinski definition) is 2. The lowest BCUT2D eigenvalue weighted by atomic mass is 10.1. The van der Waals surface area contributed by atoms with Gasteiger partial charge in [0.1, 0.15) is 5.75 Å². The number of nitrogens with zero attached hydrogens (tertiary/aromatic N) is 1. The van der Waals surface area contributed by atoms with E-state index in [0.717, 1.165) is 17.7 Å². The Bertz CT molecular complexity index is 663. The number of halogens is 3. The van der Waals surface area contributed by atoms with Crippen LogP contribution in [0.15, 0.2) is 48.8 Å². The molecule has 0 aliphatic heterocycles. The van der Waals surface area contributed by atoms with Gasteiger partial charge in [0.2, 0.25) is 5.91 Å². The fourth-order valence-corrected chi connectivity index (χ4v) is 1.87. The van der Waals surface area contributed by atoms with Gasteiger partial charge in [0.15, 0.2) is 0 Å². The van der Waals surface area contributed by atoms with Crippen LogP contribution >= 0.6 is 0 Å². The molecule has 0 saturated heterocycles. The lowest BCUT2D eigenvalue weighted by molar-refractivity contribution is -0.274. The van der Waals surface area contributed by atoms with E-state index in [9.17, 15) is 18.0 Å². The van der Waals surface area contributed by atoms with Crippen molar-refractivity contribution in [1.29, 1.82) is 0 Å². The molecular weight excluding hydrogens is 311 g/mol. The predicted molar refractivity (Wildman–Crippen MR) is 77.7 cm³/mol. The maximum absolute atomic E-state index is 12.2. The maximum atomic E-state index is 12.2. The highest BCUT2D eigenvalue weighted by atomic mass is 19.4. The van der Waals surface area contributed by atoms with E-state index in [1.807, 2.05) is 0 Å². The molecule has 1 atom stereocenters. The summed E-state index contributed by atoms with van der Waals surface area (Å²) in [7, 11) is 0. The van der Waals surface area contributed by atoms with Gasteiger partial charge in [-0.1, -0.05) is 6.07 Å². The largest absolute Gasteiger partial charge is 0.573 e. The zero-order valence-corrected chi connectivity index (χ0v) is 11.9. The van der Waals surface area contributed by atoms with Gasteiger partial charge in [0, 0.05) is 24.1 Å². The van der Waals surface area contributed by atoms with Gasteiger partial charge in [-0.3, -0.25) is 9.78 Å². The van der Waals surface area contributed by atoms with Gasteiger partial charge in [-0.25, -0.2) is 0 Å². The third-order valence-electron chi connectivity index (χ3n) is 2.88. The Kier molecular flexibility index (Phi) is 5.17. The second kappa shape index (κ2) is 7.10. The van der Waals surface area contributed by atoms with E-state index in [-0.39, 0.29) is 12.1 Å². The van der Waals surface area contributed by atoms with Crippen LogP contribution in [0.2, 0.25) is 0 Å². The number of amides is 1. The van der Waals surface area contributed by atoms with E-state index in [0.29, 0.717) is 0 Å². The van der Waals surface area contributed by atoms with Gasteiger partial charge < -0.3 is 15.8 Å². The highest BCUT2D eigenvalue weighted by molar-refractivity contribution is 5.95. The topological polar surface area (TPSA) is 77.2 Å². The molecular formula is C15H14F3N3O2. The molecule has 0 radical (unpaired) electrons. The van der Waals surface area contributed by atoms with Crippen LogP contribution in [0.25, 0.3) is 0 Å². The van der Waals surface area contributed by atoms with Crippen molar-refractivity contribution in [1.82, 2.24) is 4.98 Å². The van der Waals surface area contributed by atoms with E-state index < -0.39 is 24.1 Å². The second-order valence-electron chi connectivity index (χ2n) is 4.73. The molecule has 8 heteroatoms. The first-order chi connectivity index (χ1) is 10.8. The molecule has 122 valence electrons. The van der Waals surface area contributed by atoms with E-state index in [4.69, 9.17) is 5.73 Å². The lowest BCUT2D eigenvalue weighted by Gasteiger charge is -2.14. The van der Waals surface area contributed by atoms with Crippen LogP contribution in [0.5, 0.6) is 5.75 Å². The predicted octanol–water partition coefficient (Wildman–Crippen LogP) is 2.49. The number of nitrogens with two attached hydrogens (primary N) is 1. The average molecular weight is 325 g/mol.